The first-order valence-electron chi connectivity index (χ1n) is 9.90. The summed E-state index contributed by atoms with van der Waals surface area (Å²) in [6, 6.07) is 18.0. The van der Waals surface area contributed by atoms with E-state index in [1.54, 1.807) is 11.5 Å². The smallest absolute Gasteiger partial charge is 0.248 e. The number of anilines is 2. The van der Waals surface area contributed by atoms with Crippen LogP contribution in [0.3, 0.4) is 0 Å². The number of hydrogen-bond donors (Lipinski definition) is 2. The number of aromatic nitrogens is 5. The number of nitrogens with two attached hydrogens (primary N) is 1. The standard InChI is InChI=1S/C22H19ClN8OS/c1-14(30-21(25)28-29-22(30)33-13-15-7-5-6-10-18(15)23)20(32)27-19-16(11-24)12-26-31(19)17-8-3-2-4-9-17/h2-10,12,14H,13H2,1H3,(H2,25,28)(H,27,32). The highest BCUT2D eigenvalue weighted by molar-refractivity contribution is 7.98. The summed E-state index contributed by atoms with van der Waals surface area (Å²) < 4.78 is 3.05. The fourth-order valence-corrected chi connectivity index (χ4v) is 4.47. The number of carbonyl (C=O) groups is 1. The summed E-state index contributed by atoms with van der Waals surface area (Å²) in [7, 11) is 0. The zero-order chi connectivity index (χ0) is 23.4. The SMILES string of the molecule is CC(C(=O)Nc1c(C#N)cnn1-c1ccccc1)n1c(N)nnc1SCc1ccccc1Cl. The average Bonchev–Trinajstić information content (AvgIpc) is 3.41. The van der Waals surface area contributed by atoms with Crippen molar-refractivity contribution in [1.82, 2.24) is 24.5 Å². The molecule has 0 saturated carbocycles. The Kier molecular flexibility index (Phi) is 6.63. The molecule has 0 aliphatic carbocycles. The number of hydrogen-bond acceptors (Lipinski definition) is 7. The van der Waals surface area contributed by atoms with Gasteiger partial charge in [0.1, 0.15) is 17.7 Å². The van der Waals surface area contributed by atoms with Crippen molar-refractivity contribution in [1.29, 1.82) is 5.26 Å². The predicted molar refractivity (Wildman–Crippen MR) is 127 cm³/mol. The molecule has 0 spiro atoms. The van der Waals surface area contributed by atoms with Gasteiger partial charge in [0.05, 0.1) is 11.9 Å². The van der Waals surface area contributed by atoms with Gasteiger partial charge in [-0.05, 0) is 30.7 Å². The third-order valence-electron chi connectivity index (χ3n) is 4.90. The summed E-state index contributed by atoms with van der Waals surface area (Å²) in [6.07, 6.45) is 1.41. The Morgan fingerprint density at radius 1 is 1.21 bits per heavy atom. The molecule has 33 heavy (non-hydrogen) atoms. The second kappa shape index (κ2) is 9.77. The van der Waals surface area contributed by atoms with Crippen LogP contribution in [0.1, 0.15) is 24.1 Å². The van der Waals surface area contributed by atoms with Crippen molar-refractivity contribution in [3.8, 4) is 11.8 Å². The molecule has 0 fully saturated rings. The molecule has 2 aromatic heterocycles. The highest BCUT2D eigenvalue weighted by Crippen LogP contribution is 2.29. The van der Waals surface area contributed by atoms with Crippen LogP contribution >= 0.6 is 23.4 Å². The van der Waals surface area contributed by atoms with Gasteiger partial charge in [-0.3, -0.25) is 9.36 Å². The van der Waals surface area contributed by atoms with Crippen LogP contribution in [-0.4, -0.2) is 30.5 Å². The van der Waals surface area contributed by atoms with Gasteiger partial charge in [-0.15, -0.1) is 10.2 Å². The molecule has 0 radical (unpaired) electrons. The van der Waals surface area contributed by atoms with Crippen molar-refractivity contribution in [2.24, 2.45) is 0 Å². The summed E-state index contributed by atoms with van der Waals surface area (Å²) in [6.45, 7) is 1.68. The molecule has 11 heteroatoms. The first-order chi connectivity index (χ1) is 16.0. The third kappa shape index (κ3) is 4.69. The second-order valence-electron chi connectivity index (χ2n) is 7.02. The fraction of sp³-hybridized carbons (Fsp3) is 0.136. The van der Waals surface area contributed by atoms with E-state index in [1.807, 2.05) is 54.6 Å². The highest BCUT2D eigenvalue weighted by Gasteiger charge is 2.25. The van der Waals surface area contributed by atoms with Crippen LogP contribution in [0.5, 0.6) is 0 Å². The number of halogens is 1. The molecule has 1 unspecified atom stereocenters. The number of thioether (sulfide) groups is 1. The van der Waals surface area contributed by atoms with Crippen LogP contribution in [0.2, 0.25) is 5.02 Å². The van der Waals surface area contributed by atoms with Gasteiger partial charge in [0.25, 0.3) is 0 Å². The number of rotatable bonds is 7. The van der Waals surface area contributed by atoms with Crippen LogP contribution in [0.4, 0.5) is 11.8 Å². The summed E-state index contributed by atoms with van der Waals surface area (Å²) in [5.74, 6) is 0.523. The van der Waals surface area contributed by atoms with Crippen molar-refractivity contribution in [2.75, 3.05) is 11.1 Å². The quantitative estimate of drug-likeness (QED) is 0.383. The lowest BCUT2D eigenvalue weighted by molar-refractivity contribution is -0.119. The Morgan fingerprint density at radius 2 is 1.94 bits per heavy atom. The zero-order valence-corrected chi connectivity index (χ0v) is 19.1. The van der Waals surface area contributed by atoms with Gasteiger partial charge in [0.15, 0.2) is 11.0 Å². The molecule has 1 amide bonds. The second-order valence-corrected chi connectivity index (χ2v) is 8.37. The molecule has 0 bridgehead atoms. The highest BCUT2D eigenvalue weighted by atomic mass is 35.5. The molecule has 0 aliphatic rings. The van der Waals surface area contributed by atoms with Gasteiger partial charge in [-0.25, -0.2) is 4.68 Å². The molecule has 166 valence electrons. The van der Waals surface area contributed by atoms with Gasteiger partial charge >= 0.3 is 0 Å². The molecule has 0 aliphatic heterocycles. The maximum atomic E-state index is 13.2. The summed E-state index contributed by atoms with van der Waals surface area (Å²) >= 11 is 7.61. The minimum Gasteiger partial charge on any atom is -0.368 e. The maximum Gasteiger partial charge on any atom is 0.248 e. The molecule has 9 nitrogen and oxygen atoms in total. The van der Waals surface area contributed by atoms with E-state index in [-0.39, 0.29) is 17.3 Å². The minimum atomic E-state index is -0.751. The minimum absolute atomic E-state index is 0.108. The summed E-state index contributed by atoms with van der Waals surface area (Å²) in [4.78, 5) is 13.2. The number of para-hydroxylation sites is 1. The van der Waals surface area contributed by atoms with Crippen LogP contribution < -0.4 is 11.1 Å². The van der Waals surface area contributed by atoms with Gasteiger partial charge < -0.3 is 11.1 Å². The van der Waals surface area contributed by atoms with Crippen molar-refractivity contribution < 1.29 is 4.79 Å². The number of carbonyl (C=O) groups excluding carboxylic acids is 1. The molecule has 2 aromatic carbocycles. The Balaban J connectivity index is 1.57. The van der Waals surface area contributed by atoms with Crippen LogP contribution in [0.15, 0.2) is 66.0 Å². The summed E-state index contributed by atoms with van der Waals surface area (Å²) in [5, 5.41) is 25.7. The molecular formula is C22H19ClN8OS. The van der Waals surface area contributed by atoms with Gasteiger partial charge in [-0.2, -0.15) is 10.4 Å². The van der Waals surface area contributed by atoms with E-state index < -0.39 is 11.9 Å². The summed E-state index contributed by atoms with van der Waals surface area (Å²) in [5.41, 5.74) is 7.91. The van der Waals surface area contributed by atoms with Crippen molar-refractivity contribution in [3.05, 3.63) is 76.9 Å². The molecular weight excluding hydrogens is 460 g/mol. The van der Waals surface area contributed by atoms with Crippen LogP contribution in [0, 0.1) is 11.3 Å². The van der Waals surface area contributed by atoms with Gasteiger partial charge in [0, 0.05) is 10.8 Å². The fourth-order valence-electron chi connectivity index (χ4n) is 3.16. The van der Waals surface area contributed by atoms with E-state index >= 15 is 0 Å². The lowest BCUT2D eigenvalue weighted by Crippen LogP contribution is -2.26. The van der Waals surface area contributed by atoms with E-state index in [2.05, 4.69) is 26.7 Å². The van der Waals surface area contributed by atoms with E-state index in [9.17, 15) is 10.1 Å². The molecule has 0 saturated heterocycles. The van der Waals surface area contributed by atoms with Crippen molar-refractivity contribution in [3.63, 3.8) is 0 Å². The topological polar surface area (TPSA) is 127 Å². The van der Waals surface area contributed by atoms with Gasteiger partial charge in [0.2, 0.25) is 11.9 Å². The maximum absolute atomic E-state index is 13.2. The average molecular weight is 479 g/mol. The van der Waals surface area contributed by atoms with E-state index in [1.165, 1.54) is 22.6 Å². The van der Waals surface area contributed by atoms with Crippen LogP contribution in [-0.2, 0) is 10.5 Å². The number of amides is 1. The normalized spacial score (nSPS) is 11.7. The number of nitrogens with one attached hydrogen (secondary N) is 1. The number of nitrogen functional groups attached to an aromatic ring is 1. The Labute approximate surface area is 199 Å². The monoisotopic (exact) mass is 478 g/mol. The zero-order valence-electron chi connectivity index (χ0n) is 17.5. The largest absolute Gasteiger partial charge is 0.368 e. The predicted octanol–water partition coefficient (Wildman–Crippen LogP) is 4.06. The molecule has 4 rings (SSSR count). The van der Waals surface area contributed by atoms with Gasteiger partial charge in [-0.1, -0.05) is 59.8 Å². The first kappa shape index (κ1) is 22.4. The molecule has 1 atom stereocenters. The molecule has 3 N–H and O–H groups in total. The van der Waals surface area contributed by atoms with E-state index in [0.717, 1.165) is 5.56 Å². The lowest BCUT2D eigenvalue weighted by Gasteiger charge is -2.17. The third-order valence-corrected chi connectivity index (χ3v) is 6.26. The Morgan fingerprint density at radius 3 is 2.67 bits per heavy atom. The van der Waals surface area contributed by atoms with E-state index in [0.29, 0.717) is 21.6 Å². The van der Waals surface area contributed by atoms with Crippen LogP contribution in [0.25, 0.3) is 5.69 Å². The Bertz CT molecular complexity index is 1330. The lowest BCUT2D eigenvalue weighted by atomic mass is 10.2. The van der Waals surface area contributed by atoms with E-state index in [4.69, 9.17) is 17.3 Å². The van der Waals surface area contributed by atoms with Crippen molar-refractivity contribution in [2.45, 2.75) is 23.9 Å². The van der Waals surface area contributed by atoms with Crippen molar-refractivity contribution >= 4 is 41.0 Å². The molecule has 2 heterocycles. The molecule has 4 aromatic rings. The number of nitrogens with zero attached hydrogens (tertiary/aromatic N) is 6. The number of nitriles is 1. The first-order valence-corrected chi connectivity index (χ1v) is 11.3. The Hall–Kier alpha value is -3.81. The number of benzene rings is 2.